The summed E-state index contributed by atoms with van der Waals surface area (Å²) in [4.78, 5) is 30.9. The molecule has 3 rings (SSSR count). The zero-order valence-electron chi connectivity index (χ0n) is 16.6. The molecule has 1 aromatic carbocycles. The van der Waals surface area contributed by atoms with E-state index in [9.17, 15) is 9.59 Å². The molecule has 0 radical (unpaired) electrons. The Morgan fingerprint density at radius 3 is 2.89 bits per heavy atom. The third-order valence-corrected chi connectivity index (χ3v) is 5.60. The van der Waals surface area contributed by atoms with Crippen LogP contribution in [0.15, 0.2) is 23.6 Å². The van der Waals surface area contributed by atoms with Crippen molar-refractivity contribution in [1.82, 2.24) is 9.88 Å². The molecule has 2 heterocycles. The van der Waals surface area contributed by atoms with Crippen LogP contribution in [0.2, 0.25) is 0 Å². The molecule has 7 heteroatoms. The number of esters is 1. The molecule has 1 atom stereocenters. The van der Waals surface area contributed by atoms with Gasteiger partial charge >= 0.3 is 5.97 Å². The van der Waals surface area contributed by atoms with Crippen molar-refractivity contribution in [1.29, 1.82) is 0 Å². The van der Waals surface area contributed by atoms with Crippen LogP contribution in [0.1, 0.15) is 46.4 Å². The van der Waals surface area contributed by atoms with Crippen LogP contribution in [0, 0.1) is 19.8 Å². The van der Waals surface area contributed by atoms with Crippen molar-refractivity contribution >= 4 is 23.2 Å². The van der Waals surface area contributed by atoms with E-state index in [0.29, 0.717) is 32.0 Å². The summed E-state index contributed by atoms with van der Waals surface area (Å²) in [5.74, 6) is 0.217. The molecule has 6 nitrogen and oxygen atoms in total. The Morgan fingerprint density at radius 2 is 2.14 bits per heavy atom. The number of carbonyl (C=O) groups is 2. The second kappa shape index (κ2) is 9.19. The van der Waals surface area contributed by atoms with Crippen molar-refractivity contribution in [3.63, 3.8) is 0 Å². The average molecular weight is 403 g/mol. The number of thiazole rings is 1. The molecule has 28 heavy (non-hydrogen) atoms. The van der Waals surface area contributed by atoms with Gasteiger partial charge in [0.05, 0.1) is 12.5 Å². The third kappa shape index (κ3) is 4.90. The molecular weight excluding hydrogens is 376 g/mol. The van der Waals surface area contributed by atoms with Crippen LogP contribution in [0.4, 0.5) is 0 Å². The molecule has 1 saturated heterocycles. The van der Waals surface area contributed by atoms with Gasteiger partial charge in [0.15, 0.2) is 0 Å². The maximum absolute atomic E-state index is 12.8. The number of likely N-dealkylation sites (tertiary alicyclic amines) is 1. The van der Waals surface area contributed by atoms with Crippen LogP contribution in [0.5, 0.6) is 5.75 Å². The smallest absolute Gasteiger partial charge is 0.310 e. The van der Waals surface area contributed by atoms with Crippen molar-refractivity contribution in [2.45, 2.75) is 40.2 Å². The maximum atomic E-state index is 12.8. The summed E-state index contributed by atoms with van der Waals surface area (Å²) in [5, 5.41) is 2.51. The topological polar surface area (TPSA) is 68.7 Å². The Balaban J connectivity index is 1.59. The van der Waals surface area contributed by atoms with E-state index in [1.54, 1.807) is 17.2 Å². The molecule has 1 unspecified atom stereocenters. The van der Waals surface area contributed by atoms with Gasteiger partial charge < -0.3 is 14.4 Å². The number of aromatic nitrogens is 1. The van der Waals surface area contributed by atoms with E-state index in [1.165, 1.54) is 16.9 Å². The molecule has 0 saturated carbocycles. The lowest BCUT2D eigenvalue weighted by molar-refractivity contribution is -0.149. The number of aryl methyl sites for hydroxylation is 2. The minimum Gasteiger partial charge on any atom is -0.486 e. The average Bonchev–Trinajstić information content (AvgIpc) is 3.16. The van der Waals surface area contributed by atoms with E-state index >= 15 is 0 Å². The van der Waals surface area contributed by atoms with Crippen LogP contribution < -0.4 is 4.74 Å². The van der Waals surface area contributed by atoms with E-state index in [2.05, 4.69) is 11.1 Å². The van der Waals surface area contributed by atoms with Gasteiger partial charge in [0, 0.05) is 18.5 Å². The Morgan fingerprint density at radius 1 is 1.32 bits per heavy atom. The number of nitrogens with zero attached hydrogens (tertiary/aromatic N) is 2. The van der Waals surface area contributed by atoms with Crippen LogP contribution >= 0.6 is 11.3 Å². The lowest BCUT2D eigenvalue weighted by Crippen LogP contribution is -2.43. The predicted octanol–water partition coefficient (Wildman–Crippen LogP) is 3.75. The predicted molar refractivity (Wildman–Crippen MR) is 108 cm³/mol. The van der Waals surface area contributed by atoms with Gasteiger partial charge in [-0.05, 0) is 45.2 Å². The third-order valence-electron chi connectivity index (χ3n) is 4.78. The van der Waals surface area contributed by atoms with Crippen molar-refractivity contribution in [3.8, 4) is 5.75 Å². The largest absolute Gasteiger partial charge is 0.486 e. The van der Waals surface area contributed by atoms with Gasteiger partial charge in [-0.15, -0.1) is 11.3 Å². The SMILES string of the molecule is CCOC(=O)C1CCCN(C(=O)c2csc(COc3ccc(C)cc3C)n2)C1. The molecule has 0 spiro atoms. The van der Waals surface area contributed by atoms with Crippen molar-refractivity contribution in [2.75, 3.05) is 19.7 Å². The monoisotopic (exact) mass is 402 g/mol. The Bertz CT molecular complexity index is 849. The van der Waals surface area contributed by atoms with E-state index < -0.39 is 0 Å². The Kier molecular flexibility index (Phi) is 6.67. The van der Waals surface area contributed by atoms with Crippen LogP contribution in [0.25, 0.3) is 0 Å². The second-order valence-corrected chi connectivity index (χ2v) is 7.97. The number of benzene rings is 1. The van der Waals surface area contributed by atoms with Crippen molar-refractivity contribution in [3.05, 3.63) is 45.4 Å². The highest BCUT2D eigenvalue weighted by atomic mass is 32.1. The summed E-state index contributed by atoms with van der Waals surface area (Å²) in [6, 6.07) is 6.03. The Hall–Kier alpha value is -2.41. The van der Waals surface area contributed by atoms with E-state index in [4.69, 9.17) is 9.47 Å². The quantitative estimate of drug-likeness (QED) is 0.688. The summed E-state index contributed by atoms with van der Waals surface area (Å²) in [6.45, 7) is 7.56. The Labute approximate surface area is 169 Å². The summed E-state index contributed by atoms with van der Waals surface area (Å²) in [6.07, 6.45) is 1.55. The first-order valence-corrected chi connectivity index (χ1v) is 10.5. The molecule has 1 aromatic heterocycles. The molecule has 150 valence electrons. The van der Waals surface area contributed by atoms with Gasteiger partial charge in [0.2, 0.25) is 0 Å². The molecule has 1 fully saturated rings. The van der Waals surface area contributed by atoms with Crippen LogP contribution in [0.3, 0.4) is 0 Å². The number of carbonyl (C=O) groups excluding carboxylic acids is 2. The molecule has 0 bridgehead atoms. The maximum Gasteiger partial charge on any atom is 0.310 e. The molecule has 1 aliphatic heterocycles. The molecule has 1 aliphatic rings. The normalized spacial score (nSPS) is 16.7. The number of hydrogen-bond donors (Lipinski definition) is 0. The lowest BCUT2D eigenvalue weighted by Gasteiger charge is -2.31. The van der Waals surface area contributed by atoms with Gasteiger partial charge in [-0.1, -0.05) is 17.7 Å². The summed E-state index contributed by atoms with van der Waals surface area (Å²) >= 11 is 1.41. The van der Waals surface area contributed by atoms with Crippen LogP contribution in [-0.2, 0) is 16.1 Å². The minimum atomic E-state index is -0.247. The molecule has 0 aliphatic carbocycles. The van der Waals surface area contributed by atoms with Gasteiger partial charge in [0.25, 0.3) is 5.91 Å². The summed E-state index contributed by atoms with van der Waals surface area (Å²) in [5.41, 5.74) is 2.68. The molecular formula is C21H26N2O4S. The highest BCUT2D eigenvalue weighted by molar-refractivity contribution is 7.09. The fourth-order valence-electron chi connectivity index (χ4n) is 3.35. The van der Waals surface area contributed by atoms with Crippen LogP contribution in [-0.4, -0.2) is 41.5 Å². The number of ether oxygens (including phenoxy) is 2. The summed E-state index contributed by atoms with van der Waals surface area (Å²) < 4.78 is 11.0. The first kappa shape index (κ1) is 20.3. The first-order valence-electron chi connectivity index (χ1n) is 9.58. The fraction of sp³-hybridized carbons (Fsp3) is 0.476. The zero-order valence-corrected chi connectivity index (χ0v) is 17.4. The van der Waals surface area contributed by atoms with Gasteiger partial charge in [-0.25, -0.2) is 4.98 Å². The van der Waals surface area contributed by atoms with E-state index in [-0.39, 0.29) is 17.8 Å². The van der Waals surface area contributed by atoms with Gasteiger partial charge in [-0.2, -0.15) is 0 Å². The van der Waals surface area contributed by atoms with E-state index in [0.717, 1.165) is 29.2 Å². The van der Waals surface area contributed by atoms with Gasteiger partial charge in [-0.3, -0.25) is 9.59 Å². The first-order chi connectivity index (χ1) is 13.5. The van der Waals surface area contributed by atoms with Gasteiger partial charge in [0.1, 0.15) is 23.1 Å². The zero-order chi connectivity index (χ0) is 20.1. The molecule has 2 aromatic rings. The van der Waals surface area contributed by atoms with Crippen molar-refractivity contribution < 1.29 is 19.1 Å². The number of rotatable bonds is 6. The second-order valence-electron chi connectivity index (χ2n) is 7.03. The minimum absolute atomic E-state index is 0.136. The lowest BCUT2D eigenvalue weighted by atomic mass is 9.98. The van der Waals surface area contributed by atoms with Crippen molar-refractivity contribution in [2.24, 2.45) is 5.92 Å². The highest BCUT2D eigenvalue weighted by Crippen LogP contribution is 2.23. The molecule has 0 N–H and O–H groups in total. The highest BCUT2D eigenvalue weighted by Gasteiger charge is 2.30. The number of amides is 1. The standard InChI is InChI=1S/C21H26N2O4S/c1-4-26-21(25)16-6-5-9-23(11-16)20(24)17-13-28-19(22-17)12-27-18-8-7-14(2)10-15(18)3/h7-8,10,13,16H,4-6,9,11-12H2,1-3H3. The molecule has 1 amide bonds. The number of hydrogen-bond acceptors (Lipinski definition) is 6. The number of piperidine rings is 1. The van der Waals surface area contributed by atoms with E-state index in [1.807, 2.05) is 26.0 Å². The summed E-state index contributed by atoms with van der Waals surface area (Å²) in [7, 11) is 0. The fourth-order valence-corrected chi connectivity index (χ4v) is 4.03.